The van der Waals surface area contributed by atoms with E-state index in [2.05, 4.69) is 20.6 Å². The number of anilines is 2. The standard InChI is InChI=1S/C15H8Cl2N4S3/c16-7-1-3-9-11(5-7)23-14(18-9)20-13(22)21-15-19-10-4-2-8(17)6-12(10)24-15/h1-6H,(H2,18,19,20,21,22). The van der Waals surface area contributed by atoms with E-state index in [-0.39, 0.29) is 0 Å². The van der Waals surface area contributed by atoms with E-state index in [0.717, 1.165) is 20.4 Å². The van der Waals surface area contributed by atoms with Crippen molar-refractivity contribution in [2.45, 2.75) is 0 Å². The fraction of sp³-hybridized carbons (Fsp3) is 0. The largest absolute Gasteiger partial charge is 0.308 e. The van der Waals surface area contributed by atoms with Gasteiger partial charge in [-0.1, -0.05) is 45.9 Å². The topological polar surface area (TPSA) is 49.8 Å². The summed E-state index contributed by atoms with van der Waals surface area (Å²) < 4.78 is 2.00. The SMILES string of the molecule is S=C(Nc1nc2ccc(Cl)cc2s1)Nc1nc2ccc(Cl)cc2s1. The van der Waals surface area contributed by atoms with Gasteiger partial charge in [0.25, 0.3) is 0 Å². The third-order valence-corrected chi connectivity index (χ3v) is 5.68. The summed E-state index contributed by atoms with van der Waals surface area (Å²) in [4.78, 5) is 8.95. The first-order chi connectivity index (χ1) is 11.6. The Balaban J connectivity index is 1.52. The van der Waals surface area contributed by atoms with Crippen molar-refractivity contribution in [3.8, 4) is 0 Å². The van der Waals surface area contributed by atoms with E-state index in [1.807, 2.05) is 36.4 Å². The monoisotopic (exact) mass is 410 g/mol. The van der Waals surface area contributed by atoms with Crippen LogP contribution in [0.2, 0.25) is 10.0 Å². The Labute approximate surface area is 160 Å². The highest BCUT2D eigenvalue weighted by molar-refractivity contribution is 7.80. The van der Waals surface area contributed by atoms with E-state index in [1.54, 1.807) is 0 Å². The molecule has 120 valence electrons. The van der Waals surface area contributed by atoms with Crippen molar-refractivity contribution in [3.05, 3.63) is 46.4 Å². The molecule has 2 aromatic carbocycles. The Kier molecular flexibility index (Phi) is 4.28. The second kappa shape index (κ2) is 6.42. The zero-order valence-corrected chi connectivity index (χ0v) is 15.8. The molecule has 4 aromatic rings. The van der Waals surface area contributed by atoms with Crippen molar-refractivity contribution < 1.29 is 0 Å². The van der Waals surface area contributed by atoms with Gasteiger partial charge in [0.2, 0.25) is 0 Å². The van der Waals surface area contributed by atoms with Gasteiger partial charge in [-0.05, 0) is 48.6 Å². The summed E-state index contributed by atoms with van der Waals surface area (Å²) in [6, 6.07) is 11.2. The second-order valence-corrected chi connectivity index (χ2v) is 8.18. The lowest BCUT2D eigenvalue weighted by molar-refractivity contribution is 1.45. The Morgan fingerprint density at radius 1 is 0.833 bits per heavy atom. The summed E-state index contributed by atoms with van der Waals surface area (Å²) in [5.74, 6) is 0. The number of hydrogen-bond donors (Lipinski definition) is 2. The minimum Gasteiger partial charge on any atom is -0.308 e. The third kappa shape index (κ3) is 3.31. The van der Waals surface area contributed by atoms with Gasteiger partial charge in [-0.2, -0.15) is 0 Å². The van der Waals surface area contributed by atoms with Crippen LogP contribution in [0.25, 0.3) is 20.4 Å². The van der Waals surface area contributed by atoms with Gasteiger partial charge in [0.05, 0.1) is 20.4 Å². The van der Waals surface area contributed by atoms with Gasteiger partial charge in [-0.3, -0.25) is 0 Å². The highest BCUT2D eigenvalue weighted by Crippen LogP contribution is 2.30. The van der Waals surface area contributed by atoms with E-state index in [4.69, 9.17) is 35.4 Å². The number of benzene rings is 2. The molecular weight excluding hydrogens is 403 g/mol. The zero-order valence-electron chi connectivity index (χ0n) is 11.8. The first kappa shape index (κ1) is 16.0. The molecule has 0 saturated carbocycles. The van der Waals surface area contributed by atoms with Gasteiger partial charge < -0.3 is 10.6 Å². The lowest BCUT2D eigenvalue weighted by Crippen LogP contribution is -2.18. The molecule has 0 radical (unpaired) electrons. The summed E-state index contributed by atoms with van der Waals surface area (Å²) >= 11 is 20.3. The van der Waals surface area contributed by atoms with Crippen LogP contribution < -0.4 is 10.6 Å². The van der Waals surface area contributed by atoms with E-state index in [9.17, 15) is 0 Å². The molecule has 0 bridgehead atoms. The Morgan fingerprint density at radius 2 is 1.29 bits per heavy atom. The lowest BCUT2D eigenvalue weighted by atomic mass is 10.3. The smallest absolute Gasteiger partial charge is 0.190 e. The predicted octanol–water partition coefficient (Wildman–Crippen LogP) is 6.02. The minimum atomic E-state index is 0.435. The first-order valence-electron chi connectivity index (χ1n) is 6.77. The van der Waals surface area contributed by atoms with E-state index >= 15 is 0 Å². The molecule has 0 aliphatic carbocycles. The average molecular weight is 411 g/mol. The summed E-state index contributed by atoms with van der Waals surface area (Å²) in [6.07, 6.45) is 0. The maximum Gasteiger partial charge on any atom is 0.190 e. The molecule has 0 aliphatic heterocycles. The van der Waals surface area contributed by atoms with Gasteiger partial charge in [-0.25, -0.2) is 9.97 Å². The number of thiocarbonyl (C=S) groups is 1. The number of aromatic nitrogens is 2. The fourth-order valence-electron chi connectivity index (χ4n) is 2.13. The lowest BCUT2D eigenvalue weighted by Gasteiger charge is -2.04. The molecule has 0 atom stereocenters. The molecule has 9 heteroatoms. The van der Waals surface area contributed by atoms with Crippen LogP contribution in [0.15, 0.2) is 36.4 Å². The summed E-state index contributed by atoms with van der Waals surface area (Å²) in [5.41, 5.74) is 1.76. The molecule has 0 spiro atoms. The maximum absolute atomic E-state index is 5.99. The van der Waals surface area contributed by atoms with Crippen LogP contribution in [-0.4, -0.2) is 15.1 Å². The first-order valence-corrected chi connectivity index (χ1v) is 9.57. The van der Waals surface area contributed by atoms with Crippen LogP contribution in [0.3, 0.4) is 0 Å². The van der Waals surface area contributed by atoms with E-state index in [1.165, 1.54) is 22.7 Å². The number of halogens is 2. The van der Waals surface area contributed by atoms with Gasteiger partial charge in [0, 0.05) is 10.0 Å². The maximum atomic E-state index is 5.99. The molecule has 0 saturated heterocycles. The molecule has 2 heterocycles. The van der Waals surface area contributed by atoms with Crippen molar-refractivity contribution in [3.63, 3.8) is 0 Å². The molecule has 0 aliphatic rings. The van der Waals surface area contributed by atoms with E-state index in [0.29, 0.717) is 25.4 Å². The molecule has 24 heavy (non-hydrogen) atoms. The van der Waals surface area contributed by atoms with Gasteiger partial charge in [0.1, 0.15) is 0 Å². The number of hydrogen-bond acceptors (Lipinski definition) is 5. The Morgan fingerprint density at radius 3 is 1.75 bits per heavy atom. The Bertz CT molecular complexity index is 989. The van der Waals surface area contributed by atoms with Crippen LogP contribution in [0.1, 0.15) is 0 Å². The Hall–Kier alpha value is -1.51. The van der Waals surface area contributed by atoms with Crippen LogP contribution in [0.4, 0.5) is 10.3 Å². The van der Waals surface area contributed by atoms with Gasteiger partial charge >= 0.3 is 0 Å². The highest BCUT2D eigenvalue weighted by Gasteiger charge is 2.09. The van der Waals surface area contributed by atoms with Crippen molar-refractivity contribution in [1.29, 1.82) is 0 Å². The molecule has 2 N–H and O–H groups in total. The van der Waals surface area contributed by atoms with Crippen molar-refractivity contribution in [2.24, 2.45) is 0 Å². The molecule has 4 rings (SSSR count). The molecular formula is C15H8Cl2N4S3. The summed E-state index contributed by atoms with van der Waals surface area (Å²) in [7, 11) is 0. The summed E-state index contributed by atoms with van der Waals surface area (Å²) in [6.45, 7) is 0. The van der Waals surface area contributed by atoms with E-state index < -0.39 is 0 Å². The number of nitrogens with zero attached hydrogens (tertiary/aromatic N) is 2. The van der Waals surface area contributed by atoms with Crippen LogP contribution in [-0.2, 0) is 0 Å². The number of fused-ring (bicyclic) bond motifs is 2. The average Bonchev–Trinajstić information content (AvgIpc) is 3.08. The van der Waals surface area contributed by atoms with Crippen LogP contribution in [0.5, 0.6) is 0 Å². The zero-order chi connectivity index (χ0) is 16.7. The molecule has 0 unspecified atom stereocenters. The van der Waals surface area contributed by atoms with Gasteiger partial charge in [0.15, 0.2) is 15.4 Å². The van der Waals surface area contributed by atoms with Crippen molar-refractivity contribution in [1.82, 2.24) is 9.97 Å². The second-order valence-electron chi connectivity index (χ2n) is 4.84. The van der Waals surface area contributed by atoms with Crippen LogP contribution >= 0.6 is 58.1 Å². The molecule has 0 fully saturated rings. The van der Waals surface area contributed by atoms with Crippen molar-refractivity contribution in [2.75, 3.05) is 10.6 Å². The summed E-state index contributed by atoms with van der Waals surface area (Å²) in [5, 5.41) is 9.37. The molecule has 0 amide bonds. The fourth-order valence-corrected chi connectivity index (χ4v) is 4.74. The van der Waals surface area contributed by atoms with Crippen LogP contribution in [0, 0.1) is 0 Å². The van der Waals surface area contributed by atoms with Crippen molar-refractivity contribution >= 4 is 93.9 Å². The normalized spacial score (nSPS) is 11.1. The number of rotatable bonds is 2. The quantitative estimate of drug-likeness (QED) is 0.395. The number of thiazole rings is 2. The molecule has 4 nitrogen and oxygen atoms in total. The number of nitrogens with one attached hydrogen (secondary N) is 2. The van der Waals surface area contributed by atoms with Gasteiger partial charge in [-0.15, -0.1) is 0 Å². The highest BCUT2D eigenvalue weighted by atomic mass is 35.5. The molecule has 2 aromatic heterocycles. The third-order valence-electron chi connectivity index (χ3n) is 3.14. The minimum absolute atomic E-state index is 0.435. The predicted molar refractivity (Wildman–Crippen MR) is 109 cm³/mol.